The van der Waals surface area contributed by atoms with Crippen LogP contribution in [0.1, 0.15) is 32.1 Å². The van der Waals surface area contributed by atoms with E-state index in [0.717, 1.165) is 21.5 Å². The van der Waals surface area contributed by atoms with E-state index in [4.69, 9.17) is 30.6 Å². The van der Waals surface area contributed by atoms with E-state index < -0.39 is 72.6 Å². The third kappa shape index (κ3) is 7.34. The van der Waals surface area contributed by atoms with Crippen molar-refractivity contribution in [1.29, 1.82) is 0 Å². The molecule has 4 saturated heterocycles. The summed E-state index contributed by atoms with van der Waals surface area (Å²) in [7, 11) is -8.76. The van der Waals surface area contributed by atoms with Gasteiger partial charge in [-0.25, -0.2) is 35.9 Å². The number of sulfonamides is 2. The second-order valence-electron chi connectivity index (χ2n) is 12.2. The zero-order valence-corrected chi connectivity index (χ0v) is 28.4. The van der Waals surface area contributed by atoms with E-state index in [-0.39, 0.29) is 37.4 Å². The van der Waals surface area contributed by atoms with Crippen LogP contribution in [0.2, 0.25) is 5.02 Å². The van der Waals surface area contributed by atoms with Crippen molar-refractivity contribution >= 4 is 37.6 Å². The molecular weight excluding hydrogens is 698 g/mol. The number of hydroxylamine groups is 1. The highest BCUT2D eigenvalue weighted by Crippen LogP contribution is 2.45. The maximum Gasteiger partial charge on any atom is 0.266 e. The fourth-order valence-corrected chi connectivity index (χ4v) is 10.2. The second-order valence-corrected chi connectivity index (χ2v) is 16.5. The number of fused-ring (bicyclic) bond motifs is 2. The first-order chi connectivity index (χ1) is 22.9. The standard InChI is InChI=1S/C30H37ClF2N4O9S2/c31-21-4-6-23(7-5-21)45-28-25(32)17-24(18-26(28)33)48(41,42)37-22-8-9-30(37,29(38)34-46-27-3-1-2-13-44-27)20-36(19-22)47(39,40)16-12-35-10-14-43-15-11-35/h4-7,17-18,22,27H,1-3,8-16,19-20H2,(H,34,38). The molecule has 0 aromatic heterocycles. The lowest BCUT2D eigenvalue weighted by molar-refractivity contribution is -0.204. The van der Waals surface area contributed by atoms with Gasteiger partial charge in [0.2, 0.25) is 20.0 Å². The molecule has 1 amide bonds. The largest absolute Gasteiger partial charge is 0.451 e. The number of nitrogens with one attached hydrogen (secondary N) is 1. The summed E-state index contributed by atoms with van der Waals surface area (Å²) in [5.74, 6) is -4.51. The Balaban J connectivity index is 1.29. The van der Waals surface area contributed by atoms with Gasteiger partial charge in [0.1, 0.15) is 11.3 Å². The maximum atomic E-state index is 15.3. The molecular formula is C30H37ClF2N4O9S2. The monoisotopic (exact) mass is 734 g/mol. The van der Waals surface area contributed by atoms with E-state index in [1.165, 1.54) is 24.3 Å². The van der Waals surface area contributed by atoms with Crippen LogP contribution >= 0.6 is 11.6 Å². The predicted octanol–water partition coefficient (Wildman–Crippen LogP) is 2.85. The lowest BCUT2D eigenvalue weighted by atomic mass is 9.97. The van der Waals surface area contributed by atoms with Gasteiger partial charge >= 0.3 is 0 Å². The number of benzene rings is 2. The van der Waals surface area contributed by atoms with Crippen LogP contribution in [0, 0.1) is 11.6 Å². The van der Waals surface area contributed by atoms with Gasteiger partial charge in [-0.3, -0.25) is 9.69 Å². The van der Waals surface area contributed by atoms with Crippen LogP contribution in [0.15, 0.2) is 41.3 Å². The fraction of sp³-hybridized carbons (Fsp3) is 0.567. The highest BCUT2D eigenvalue weighted by molar-refractivity contribution is 7.89. The van der Waals surface area contributed by atoms with Crippen molar-refractivity contribution in [2.75, 3.05) is 58.3 Å². The number of rotatable bonds is 11. The summed E-state index contributed by atoms with van der Waals surface area (Å²) in [6, 6.07) is 5.92. The Morgan fingerprint density at radius 2 is 1.73 bits per heavy atom. The Morgan fingerprint density at radius 3 is 2.40 bits per heavy atom. The van der Waals surface area contributed by atoms with Crippen molar-refractivity contribution in [3.63, 3.8) is 0 Å². The average Bonchev–Trinajstić information content (AvgIpc) is 3.33. The molecule has 4 aliphatic rings. The van der Waals surface area contributed by atoms with Gasteiger partial charge in [0.25, 0.3) is 5.91 Å². The molecule has 0 saturated carbocycles. The summed E-state index contributed by atoms with van der Waals surface area (Å²) < 4.78 is 105. The first-order valence-electron chi connectivity index (χ1n) is 15.7. The summed E-state index contributed by atoms with van der Waals surface area (Å²) in [5, 5.41) is 0.374. The van der Waals surface area contributed by atoms with Crippen molar-refractivity contribution in [3.8, 4) is 11.5 Å². The summed E-state index contributed by atoms with van der Waals surface area (Å²) >= 11 is 5.87. The molecule has 0 spiro atoms. The van der Waals surface area contributed by atoms with Crippen LogP contribution in [0.5, 0.6) is 11.5 Å². The number of piperazine rings is 1. The summed E-state index contributed by atoms with van der Waals surface area (Å²) in [4.78, 5) is 20.7. The first kappa shape index (κ1) is 35.3. The van der Waals surface area contributed by atoms with Gasteiger partial charge in [-0.1, -0.05) is 11.6 Å². The van der Waals surface area contributed by atoms with Crippen LogP contribution in [0.4, 0.5) is 8.78 Å². The van der Waals surface area contributed by atoms with E-state index in [1.807, 2.05) is 4.90 Å². The van der Waals surface area contributed by atoms with E-state index in [2.05, 4.69) is 5.48 Å². The van der Waals surface area contributed by atoms with Crippen LogP contribution < -0.4 is 10.2 Å². The number of morpholine rings is 1. The van der Waals surface area contributed by atoms with Crippen LogP contribution in [0.3, 0.4) is 0 Å². The minimum absolute atomic E-state index is 0.0597. The molecule has 0 aliphatic carbocycles. The molecule has 18 heteroatoms. The van der Waals surface area contributed by atoms with Gasteiger partial charge in [-0.05, 0) is 62.1 Å². The summed E-state index contributed by atoms with van der Waals surface area (Å²) in [6.45, 7) is 2.02. The number of amides is 1. The second kappa shape index (κ2) is 14.4. The molecule has 4 heterocycles. The first-order valence-corrected chi connectivity index (χ1v) is 19.1. The molecule has 2 aromatic rings. The third-order valence-corrected chi connectivity index (χ3v) is 13.1. The molecule has 48 heavy (non-hydrogen) atoms. The molecule has 0 radical (unpaired) electrons. The molecule has 3 atom stereocenters. The minimum Gasteiger partial charge on any atom is -0.451 e. The Kier molecular flexibility index (Phi) is 10.6. The van der Waals surface area contributed by atoms with Crippen LogP contribution in [0.25, 0.3) is 0 Å². The molecule has 4 aliphatic heterocycles. The van der Waals surface area contributed by atoms with Crippen molar-refractivity contribution < 1.29 is 49.5 Å². The molecule has 264 valence electrons. The van der Waals surface area contributed by atoms with E-state index in [1.54, 1.807) is 0 Å². The number of hydrogen-bond acceptors (Lipinski definition) is 10. The van der Waals surface area contributed by atoms with Gasteiger partial charge in [0.05, 0.1) is 23.9 Å². The van der Waals surface area contributed by atoms with Gasteiger partial charge in [-0.2, -0.15) is 8.61 Å². The normalized spacial score (nSPS) is 26.0. The maximum absolute atomic E-state index is 15.3. The number of carbonyl (C=O) groups is 1. The number of carbonyl (C=O) groups excluding carboxylic acids is 1. The highest BCUT2D eigenvalue weighted by Gasteiger charge is 2.62. The van der Waals surface area contributed by atoms with Crippen molar-refractivity contribution in [1.82, 2.24) is 19.0 Å². The van der Waals surface area contributed by atoms with Gasteiger partial charge < -0.3 is 14.2 Å². The van der Waals surface area contributed by atoms with E-state index >= 15 is 8.78 Å². The smallest absolute Gasteiger partial charge is 0.266 e. The minimum atomic E-state index is -4.79. The summed E-state index contributed by atoms with van der Waals surface area (Å²) in [5.41, 5.74) is 0.343. The van der Waals surface area contributed by atoms with Crippen molar-refractivity contribution in [3.05, 3.63) is 53.1 Å². The SMILES string of the molecule is O=C(NOC1CCCCO1)C12CCC(CN(S(=O)(=O)CCN3CCOCC3)C1)N2S(=O)(=O)c1cc(F)c(Oc2ccc(Cl)cc2)c(F)c1. The lowest BCUT2D eigenvalue weighted by Gasteiger charge is -2.46. The van der Waals surface area contributed by atoms with E-state index in [9.17, 15) is 21.6 Å². The average molecular weight is 735 g/mol. The lowest BCUT2D eigenvalue weighted by Crippen LogP contribution is -2.69. The van der Waals surface area contributed by atoms with Crippen LogP contribution in [-0.4, -0.2) is 112 Å². The van der Waals surface area contributed by atoms with Crippen molar-refractivity contribution in [2.24, 2.45) is 0 Å². The van der Waals surface area contributed by atoms with E-state index in [0.29, 0.717) is 56.5 Å². The van der Waals surface area contributed by atoms with Crippen LogP contribution in [-0.2, 0) is 39.2 Å². The summed E-state index contributed by atoms with van der Waals surface area (Å²) in [6.07, 6.45) is 1.39. The molecule has 1 N–H and O–H groups in total. The van der Waals surface area contributed by atoms with Gasteiger partial charge in [0.15, 0.2) is 23.7 Å². The molecule has 3 unspecified atom stereocenters. The Bertz CT molecular complexity index is 1690. The molecule has 2 aromatic carbocycles. The van der Waals surface area contributed by atoms with Gasteiger partial charge in [0, 0.05) is 56.8 Å². The third-order valence-electron chi connectivity index (χ3n) is 9.07. The molecule has 2 bridgehead atoms. The fourth-order valence-electron chi connectivity index (χ4n) is 6.55. The zero-order chi connectivity index (χ0) is 34.1. The molecule has 13 nitrogen and oxygen atoms in total. The Labute approximate surface area is 283 Å². The highest BCUT2D eigenvalue weighted by atomic mass is 35.5. The number of nitrogens with zero attached hydrogens (tertiary/aromatic N) is 3. The zero-order valence-electron chi connectivity index (χ0n) is 26.0. The number of halogens is 3. The topological polar surface area (TPSA) is 144 Å². The Hall–Kier alpha value is -2.48. The molecule has 4 fully saturated rings. The molecule has 6 rings (SSSR count). The number of ether oxygens (including phenoxy) is 3. The quantitative estimate of drug-likeness (QED) is 0.343. The number of hydrogen-bond donors (Lipinski definition) is 1. The van der Waals surface area contributed by atoms with Crippen molar-refractivity contribution in [2.45, 2.75) is 54.9 Å². The predicted molar refractivity (Wildman–Crippen MR) is 168 cm³/mol. The Morgan fingerprint density at radius 1 is 1.02 bits per heavy atom. The van der Waals surface area contributed by atoms with Gasteiger partial charge in [-0.15, -0.1) is 0 Å².